The van der Waals surface area contributed by atoms with Crippen LogP contribution in [0.1, 0.15) is 71.3 Å². The first-order chi connectivity index (χ1) is 23.2. The number of ether oxygens (including phenoxy) is 2. The lowest BCUT2D eigenvalue weighted by atomic mass is 10.0. The molecule has 5 aromatic rings. The van der Waals surface area contributed by atoms with Gasteiger partial charge in [-0.25, -0.2) is 9.97 Å². The quantitative estimate of drug-likeness (QED) is 0.214. The van der Waals surface area contributed by atoms with E-state index in [1.54, 1.807) is 30.2 Å². The highest BCUT2D eigenvalue weighted by Crippen LogP contribution is 2.37. The van der Waals surface area contributed by atoms with E-state index in [9.17, 15) is 9.59 Å². The SMILES string of the molecule is CCOC1CCN(C(=O)c2cc(OC)n3c(C)c(-c4cc5ccc([C@@H](C)NC(=O)c6ccccc6)nc5n4CC4CC4)nc3c2)C[C@@H]1N. The topological polar surface area (TPSA) is 129 Å². The van der Waals surface area contributed by atoms with Gasteiger partial charge in [-0.1, -0.05) is 18.2 Å². The van der Waals surface area contributed by atoms with Crippen LogP contribution < -0.4 is 15.8 Å². The molecule has 2 aliphatic rings. The predicted molar refractivity (Wildman–Crippen MR) is 184 cm³/mol. The summed E-state index contributed by atoms with van der Waals surface area (Å²) in [6.45, 7) is 8.37. The van der Waals surface area contributed by atoms with Crippen molar-refractivity contribution >= 4 is 28.5 Å². The highest BCUT2D eigenvalue weighted by Gasteiger charge is 2.31. The summed E-state index contributed by atoms with van der Waals surface area (Å²) >= 11 is 0. The molecule has 1 unspecified atom stereocenters. The van der Waals surface area contributed by atoms with Gasteiger partial charge >= 0.3 is 0 Å². The Morgan fingerprint density at radius 3 is 2.54 bits per heavy atom. The van der Waals surface area contributed by atoms with Gasteiger partial charge in [-0.05, 0) is 82.3 Å². The molecule has 3 atom stereocenters. The minimum Gasteiger partial charge on any atom is -0.482 e. The minimum atomic E-state index is -0.286. The Morgan fingerprint density at radius 2 is 1.83 bits per heavy atom. The first-order valence-corrected chi connectivity index (χ1v) is 16.9. The molecule has 1 saturated carbocycles. The van der Waals surface area contributed by atoms with E-state index in [1.165, 1.54) is 12.8 Å². The molecule has 0 spiro atoms. The molecule has 48 heavy (non-hydrogen) atoms. The number of piperidine rings is 1. The molecule has 5 heterocycles. The summed E-state index contributed by atoms with van der Waals surface area (Å²) in [4.78, 5) is 38.6. The molecule has 1 aromatic carbocycles. The molecule has 0 bridgehead atoms. The number of carbonyl (C=O) groups is 2. The summed E-state index contributed by atoms with van der Waals surface area (Å²) in [5, 5.41) is 4.09. The highest BCUT2D eigenvalue weighted by molar-refractivity contribution is 5.96. The molecule has 3 N–H and O–H groups in total. The molecule has 1 aliphatic carbocycles. The van der Waals surface area contributed by atoms with Crippen LogP contribution in [0.2, 0.25) is 0 Å². The number of imidazole rings is 1. The lowest BCUT2D eigenvalue weighted by Gasteiger charge is -2.36. The van der Waals surface area contributed by atoms with Crippen molar-refractivity contribution in [2.24, 2.45) is 11.7 Å². The van der Waals surface area contributed by atoms with E-state index >= 15 is 0 Å². The van der Waals surface area contributed by atoms with Crippen LogP contribution >= 0.6 is 0 Å². The van der Waals surface area contributed by atoms with Gasteiger partial charge in [0.25, 0.3) is 11.8 Å². The molecule has 11 nitrogen and oxygen atoms in total. The Labute approximate surface area is 280 Å². The van der Waals surface area contributed by atoms with Crippen LogP contribution in [0, 0.1) is 12.8 Å². The summed E-state index contributed by atoms with van der Waals surface area (Å²) in [5.74, 6) is 0.878. The Hall–Kier alpha value is -4.74. The van der Waals surface area contributed by atoms with E-state index in [2.05, 4.69) is 22.0 Å². The maximum absolute atomic E-state index is 13.7. The third kappa shape index (κ3) is 6.04. The number of hydrogen-bond acceptors (Lipinski definition) is 7. The van der Waals surface area contributed by atoms with Gasteiger partial charge in [-0.3, -0.25) is 14.0 Å². The Bertz CT molecular complexity index is 1980. The molecule has 4 aromatic heterocycles. The lowest BCUT2D eigenvalue weighted by molar-refractivity contribution is 0.00178. The monoisotopic (exact) mass is 649 g/mol. The van der Waals surface area contributed by atoms with Gasteiger partial charge in [0.1, 0.15) is 17.0 Å². The van der Waals surface area contributed by atoms with Crippen LogP contribution in [0.3, 0.4) is 0 Å². The zero-order chi connectivity index (χ0) is 33.5. The number of nitrogens with one attached hydrogen (secondary N) is 1. The number of hydrogen-bond donors (Lipinski definition) is 2. The number of likely N-dealkylation sites (tertiary alicyclic amines) is 1. The highest BCUT2D eigenvalue weighted by atomic mass is 16.5. The average molecular weight is 650 g/mol. The second-order valence-corrected chi connectivity index (χ2v) is 13.0. The van der Waals surface area contributed by atoms with Gasteiger partial charge in [0.2, 0.25) is 0 Å². The first-order valence-electron chi connectivity index (χ1n) is 16.9. The summed E-state index contributed by atoms with van der Waals surface area (Å²) < 4.78 is 15.8. The summed E-state index contributed by atoms with van der Waals surface area (Å²) in [6, 6.07) is 18.5. The van der Waals surface area contributed by atoms with Gasteiger partial charge in [0.05, 0.1) is 36.3 Å². The van der Waals surface area contributed by atoms with Crippen LogP contribution in [-0.4, -0.2) is 74.6 Å². The molecular formula is C37H43N7O4. The van der Waals surface area contributed by atoms with Crippen LogP contribution in [-0.2, 0) is 11.3 Å². The van der Waals surface area contributed by atoms with Crippen LogP contribution in [0.5, 0.6) is 5.88 Å². The van der Waals surface area contributed by atoms with Crippen LogP contribution in [0.15, 0.2) is 60.7 Å². The number of carbonyl (C=O) groups excluding carboxylic acids is 2. The number of aryl methyl sites for hydroxylation is 1. The van der Waals surface area contributed by atoms with Crippen molar-refractivity contribution in [1.29, 1.82) is 0 Å². The van der Waals surface area contributed by atoms with Gasteiger partial charge in [0.15, 0.2) is 5.88 Å². The van der Waals surface area contributed by atoms with Crippen molar-refractivity contribution in [1.82, 2.24) is 29.2 Å². The van der Waals surface area contributed by atoms with E-state index in [4.69, 9.17) is 25.2 Å². The van der Waals surface area contributed by atoms with Gasteiger partial charge in [-0.2, -0.15) is 0 Å². The van der Waals surface area contributed by atoms with E-state index in [1.807, 2.05) is 55.5 Å². The molecule has 1 aliphatic heterocycles. The number of pyridine rings is 2. The summed E-state index contributed by atoms with van der Waals surface area (Å²) in [6.07, 6.45) is 3.01. The van der Waals surface area contributed by atoms with Crippen molar-refractivity contribution in [2.45, 2.75) is 64.8 Å². The lowest BCUT2D eigenvalue weighted by Crippen LogP contribution is -2.53. The van der Waals surface area contributed by atoms with Gasteiger partial charge in [-0.15, -0.1) is 0 Å². The third-order valence-corrected chi connectivity index (χ3v) is 9.61. The second-order valence-electron chi connectivity index (χ2n) is 13.0. The molecule has 11 heteroatoms. The molecule has 1 saturated heterocycles. The predicted octanol–water partition coefficient (Wildman–Crippen LogP) is 5.15. The number of methoxy groups -OCH3 is 1. The van der Waals surface area contributed by atoms with E-state index in [0.717, 1.165) is 40.4 Å². The standard InChI is InChI=1S/C37H43N7O4/c1-5-48-31-15-16-42(21-28(31)38)37(46)27-18-32-41-34(23(3)44(32)33(19-27)47-4)30-17-26-13-14-29(40-35(26)43(30)20-24-11-12-24)22(2)39-36(45)25-9-7-6-8-10-25/h6-10,13-14,17-19,22,24,28,31H,5,11-12,15-16,20-21,38H2,1-4H3,(H,39,45)/t22-,28+,31?/m1/s1. The summed E-state index contributed by atoms with van der Waals surface area (Å²) in [7, 11) is 1.61. The molecule has 2 amide bonds. The Balaban J connectivity index is 1.23. The zero-order valence-corrected chi connectivity index (χ0v) is 28.0. The van der Waals surface area contributed by atoms with Crippen molar-refractivity contribution in [2.75, 3.05) is 26.8 Å². The maximum Gasteiger partial charge on any atom is 0.254 e. The largest absolute Gasteiger partial charge is 0.482 e. The molecule has 7 rings (SSSR count). The fraction of sp³-hybridized carbons (Fsp3) is 0.405. The Kier molecular flexibility index (Phi) is 8.65. The van der Waals surface area contributed by atoms with Crippen LogP contribution in [0.4, 0.5) is 0 Å². The van der Waals surface area contributed by atoms with E-state index in [-0.39, 0.29) is 30.0 Å². The number of aromatic nitrogens is 4. The number of benzene rings is 1. The fourth-order valence-electron chi connectivity index (χ4n) is 6.81. The van der Waals surface area contributed by atoms with Crippen molar-refractivity contribution < 1.29 is 19.1 Å². The zero-order valence-electron chi connectivity index (χ0n) is 28.0. The second kappa shape index (κ2) is 13.0. The van der Waals surface area contributed by atoms with Crippen molar-refractivity contribution in [3.63, 3.8) is 0 Å². The van der Waals surface area contributed by atoms with Crippen molar-refractivity contribution in [3.8, 4) is 17.3 Å². The average Bonchev–Trinajstić information content (AvgIpc) is 3.77. The smallest absolute Gasteiger partial charge is 0.254 e. The maximum atomic E-state index is 13.7. The third-order valence-electron chi connectivity index (χ3n) is 9.61. The number of nitrogens with zero attached hydrogens (tertiary/aromatic N) is 5. The number of nitrogens with two attached hydrogens (primary N) is 1. The first kappa shape index (κ1) is 31.8. The molecular weight excluding hydrogens is 606 g/mol. The van der Waals surface area contributed by atoms with E-state index < -0.39 is 0 Å². The number of amides is 2. The van der Waals surface area contributed by atoms with Gasteiger partial charge in [0, 0.05) is 54.9 Å². The number of fused-ring (bicyclic) bond motifs is 2. The van der Waals surface area contributed by atoms with Crippen LogP contribution in [0.25, 0.3) is 28.1 Å². The van der Waals surface area contributed by atoms with Gasteiger partial charge < -0.3 is 30.0 Å². The molecule has 2 fully saturated rings. The Morgan fingerprint density at radius 1 is 1.04 bits per heavy atom. The fourth-order valence-corrected chi connectivity index (χ4v) is 6.81. The molecule has 0 radical (unpaired) electrons. The number of rotatable bonds is 10. The van der Waals surface area contributed by atoms with Crippen molar-refractivity contribution in [3.05, 3.63) is 83.2 Å². The molecule has 250 valence electrons. The minimum absolute atomic E-state index is 0.0437. The normalized spacial score (nSPS) is 18.7. The van der Waals surface area contributed by atoms with E-state index in [0.29, 0.717) is 54.7 Å². The summed E-state index contributed by atoms with van der Waals surface area (Å²) in [5.41, 5.74) is 12.5.